The largest absolute Gasteiger partial charge is 0.489 e. The topological polar surface area (TPSA) is 78.3 Å². The van der Waals surface area contributed by atoms with Gasteiger partial charge < -0.3 is 14.8 Å². The van der Waals surface area contributed by atoms with Crippen molar-refractivity contribution in [3.63, 3.8) is 0 Å². The van der Waals surface area contributed by atoms with Crippen molar-refractivity contribution in [2.75, 3.05) is 12.4 Å². The molecule has 1 aromatic heterocycles. The molecule has 0 aliphatic carbocycles. The van der Waals surface area contributed by atoms with Gasteiger partial charge in [-0.3, -0.25) is 0 Å². The molecule has 0 saturated carbocycles. The van der Waals surface area contributed by atoms with E-state index >= 15 is 0 Å². The van der Waals surface area contributed by atoms with Crippen LogP contribution >= 0.6 is 11.8 Å². The first-order chi connectivity index (χ1) is 18.4. The molecule has 0 fully saturated rings. The van der Waals surface area contributed by atoms with Crippen molar-refractivity contribution in [1.29, 1.82) is 0 Å². The predicted octanol–water partition coefficient (Wildman–Crippen LogP) is 6.06. The molecule has 0 amide bonds. The summed E-state index contributed by atoms with van der Waals surface area (Å²) >= 11 is 1.33. The molecule has 0 saturated heterocycles. The van der Waals surface area contributed by atoms with Gasteiger partial charge in [0, 0.05) is 11.4 Å². The van der Waals surface area contributed by atoms with Gasteiger partial charge in [-0.2, -0.15) is 4.98 Å². The average molecular weight is 531 g/mol. The summed E-state index contributed by atoms with van der Waals surface area (Å²) in [4.78, 5) is 17.4. The monoisotopic (exact) mass is 530 g/mol. The van der Waals surface area contributed by atoms with Gasteiger partial charge in [-0.05, 0) is 54.3 Å². The summed E-state index contributed by atoms with van der Waals surface area (Å²) in [6.07, 6.45) is 0. The number of anilines is 1. The van der Waals surface area contributed by atoms with E-state index in [1.54, 1.807) is 22.9 Å². The van der Waals surface area contributed by atoms with Crippen LogP contribution in [0.5, 0.6) is 5.75 Å². The van der Waals surface area contributed by atoms with Gasteiger partial charge in [-0.1, -0.05) is 66.4 Å². The second-order valence-electron chi connectivity index (χ2n) is 8.88. The maximum Gasteiger partial charge on any atom is 0.338 e. The van der Waals surface area contributed by atoms with Crippen LogP contribution in [0.4, 0.5) is 10.3 Å². The van der Waals surface area contributed by atoms with Crippen molar-refractivity contribution >= 4 is 23.7 Å². The lowest BCUT2D eigenvalue weighted by molar-refractivity contribution is -0.136. The van der Waals surface area contributed by atoms with Crippen LogP contribution in [-0.4, -0.2) is 27.8 Å². The van der Waals surface area contributed by atoms with Crippen LogP contribution in [0.3, 0.4) is 0 Å². The molecule has 1 aliphatic rings. The van der Waals surface area contributed by atoms with Crippen LogP contribution in [0.1, 0.15) is 35.2 Å². The van der Waals surface area contributed by atoms with Crippen LogP contribution in [0.15, 0.2) is 89.2 Å². The molecule has 1 N–H and O–H groups in total. The number of nitrogens with one attached hydrogen (secondary N) is 1. The molecule has 2 heterocycles. The molecular formula is C29H27FN4O3S. The Morgan fingerprint density at radius 3 is 2.45 bits per heavy atom. The van der Waals surface area contributed by atoms with Gasteiger partial charge in [0.15, 0.2) is 0 Å². The first kappa shape index (κ1) is 25.5. The summed E-state index contributed by atoms with van der Waals surface area (Å²) < 4.78 is 26.9. The first-order valence-electron chi connectivity index (χ1n) is 12.1. The SMILES string of the molecule is COC(=O)C1=C(C)Nc2nc(SCc3ccccc3F)nn2C1c1ccc(OCc2ccccc2C)cc1. The third-order valence-electron chi connectivity index (χ3n) is 6.40. The zero-order valence-electron chi connectivity index (χ0n) is 21.3. The fourth-order valence-electron chi connectivity index (χ4n) is 4.31. The minimum absolute atomic E-state index is 0.268. The highest BCUT2D eigenvalue weighted by atomic mass is 32.2. The zero-order chi connectivity index (χ0) is 26.6. The first-order valence-corrected chi connectivity index (χ1v) is 13.1. The summed E-state index contributed by atoms with van der Waals surface area (Å²) in [5.41, 5.74) is 4.75. The average Bonchev–Trinajstić information content (AvgIpc) is 3.33. The van der Waals surface area contributed by atoms with E-state index in [0.717, 1.165) is 11.1 Å². The number of methoxy groups -OCH3 is 1. The molecule has 0 radical (unpaired) electrons. The van der Waals surface area contributed by atoms with Gasteiger partial charge in [0.25, 0.3) is 0 Å². The number of fused-ring (bicyclic) bond motifs is 1. The number of hydrogen-bond donors (Lipinski definition) is 1. The number of nitrogens with zero attached hydrogens (tertiary/aromatic N) is 3. The standard InChI is InChI=1S/C29H27FN4O3S/c1-18-8-4-5-9-21(18)16-37-23-14-12-20(13-15-23)26-25(27(35)36-3)19(2)31-28-32-29(33-34(26)28)38-17-22-10-6-7-11-24(22)30/h4-15,26H,16-17H2,1-3H3,(H,31,32,33). The maximum atomic E-state index is 14.1. The number of carbonyl (C=O) groups is 1. The number of aryl methyl sites for hydroxylation is 1. The predicted molar refractivity (Wildman–Crippen MR) is 144 cm³/mol. The van der Waals surface area contributed by atoms with E-state index in [-0.39, 0.29) is 5.82 Å². The number of rotatable bonds is 8. The Balaban J connectivity index is 1.41. The van der Waals surface area contributed by atoms with Crippen LogP contribution < -0.4 is 10.1 Å². The molecule has 9 heteroatoms. The number of esters is 1. The van der Waals surface area contributed by atoms with Crippen LogP contribution in [-0.2, 0) is 21.9 Å². The summed E-state index contributed by atoms with van der Waals surface area (Å²) in [7, 11) is 1.36. The number of thioether (sulfide) groups is 1. The Bertz CT molecular complexity index is 1500. The lowest BCUT2D eigenvalue weighted by atomic mass is 9.96. The highest BCUT2D eigenvalue weighted by Crippen LogP contribution is 2.37. The van der Waals surface area contributed by atoms with Crippen molar-refractivity contribution in [2.45, 2.75) is 37.4 Å². The molecule has 0 bridgehead atoms. The number of hydrogen-bond acceptors (Lipinski definition) is 7. The molecule has 5 rings (SSSR count). The van der Waals surface area contributed by atoms with Gasteiger partial charge in [0.05, 0.1) is 12.7 Å². The van der Waals surface area contributed by atoms with E-state index in [4.69, 9.17) is 9.47 Å². The Morgan fingerprint density at radius 2 is 1.74 bits per heavy atom. The van der Waals surface area contributed by atoms with Gasteiger partial charge in [-0.15, -0.1) is 5.10 Å². The third kappa shape index (κ3) is 5.28. The summed E-state index contributed by atoms with van der Waals surface area (Å²) in [5.74, 6) is 0.864. The lowest BCUT2D eigenvalue weighted by Gasteiger charge is -2.27. The molecule has 1 atom stereocenters. The molecule has 1 unspecified atom stereocenters. The number of carbonyl (C=O) groups excluding carboxylic acids is 1. The highest BCUT2D eigenvalue weighted by molar-refractivity contribution is 7.98. The second-order valence-corrected chi connectivity index (χ2v) is 9.83. The Labute approximate surface area is 224 Å². The fraction of sp³-hybridized carbons (Fsp3) is 0.207. The van der Waals surface area contributed by atoms with Crippen LogP contribution in [0.2, 0.25) is 0 Å². The smallest absolute Gasteiger partial charge is 0.338 e. The van der Waals surface area contributed by atoms with Crippen molar-refractivity contribution in [1.82, 2.24) is 14.8 Å². The van der Waals surface area contributed by atoms with Crippen LogP contribution in [0, 0.1) is 12.7 Å². The normalized spacial score (nSPS) is 14.6. The maximum absolute atomic E-state index is 14.1. The third-order valence-corrected chi connectivity index (χ3v) is 7.29. The van der Waals surface area contributed by atoms with Gasteiger partial charge >= 0.3 is 5.97 Å². The molecule has 1 aliphatic heterocycles. The van der Waals surface area contributed by atoms with E-state index in [1.807, 2.05) is 49.4 Å². The molecule has 7 nitrogen and oxygen atoms in total. The molecule has 194 valence electrons. The summed E-state index contributed by atoms with van der Waals surface area (Å²) in [6, 6.07) is 21.8. The molecular weight excluding hydrogens is 503 g/mol. The number of allylic oxidation sites excluding steroid dienone is 1. The van der Waals surface area contributed by atoms with Gasteiger partial charge in [-0.25, -0.2) is 13.9 Å². The minimum atomic E-state index is -0.556. The van der Waals surface area contributed by atoms with E-state index in [2.05, 4.69) is 28.4 Å². The van der Waals surface area contributed by atoms with Crippen molar-refractivity contribution in [2.24, 2.45) is 0 Å². The number of aromatic nitrogens is 3. The Kier molecular flexibility index (Phi) is 7.46. The number of ether oxygens (including phenoxy) is 2. The molecule has 38 heavy (non-hydrogen) atoms. The second kappa shape index (κ2) is 11.1. The molecule has 4 aromatic rings. The number of benzene rings is 3. The summed E-state index contributed by atoms with van der Waals surface area (Å²) in [5, 5.41) is 8.31. The Morgan fingerprint density at radius 1 is 1.03 bits per heavy atom. The summed E-state index contributed by atoms with van der Waals surface area (Å²) in [6.45, 7) is 4.32. The van der Waals surface area contributed by atoms with Crippen LogP contribution in [0.25, 0.3) is 0 Å². The van der Waals surface area contributed by atoms with E-state index < -0.39 is 12.0 Å². The molecule has 3 aromatic carbocycles. The minimum Gasteiger partial charge on any atom is -0.489 e. The van der Waals surface area contributed by atoms with Crippen molar-refractivity contribution in [3.8, 4) is 5.75 Å². The molecule has 0 spiro atoms. The Hall–Kier alpha value is -4.11. The van der Waals surface area contributed by atoms with E-state index in [9.17, 15) is 9.18 Å². The van der Waals surface area contributed by atoms with Gasteiger partial charge in [0.1, 0.15) is 24.2 Å². The van der Waals surface area contributed by atoms with E-state index in [0.29, 0.717) is 46.0 Å². The van der Waals surface area contributed by atoms with Crippen molar-refractivity contribution in [3.05, 3.63) is 112 Å². The van der Waals surface area contributed by atoms with E-state index in [1.165, 1.54) is 30.5 Å². The lowest BCUT2D eigenvalue weighted by Crippen LogP contribution is -2.29. The van der Waals surface area contributed by atoms with Crippen molar-refractivity contribution < 1.29 is 18.7 Å². The number of halogens is 1. The van der Waals surface area contributed by atoms with Gasteiger partial charge in [0.2, 0.25) is 11.1 Å². The quantitative estimate of drug-likeness (QED) is 0.219. The highest BCUT2D eigenvalue weighted by Gasteiger charge is 2.35. The fourth-order valence-corrected chi connectivity index (χ4v) is 5.13. The zero-order valence-corrected chi connectivity index (χ0v) is 22.1.